The molecule has 1 saturated carbocycles. The van der Waals surface area contributed by atoms with Gasteiger partial charge in [0.25, 0.3) is 0 Å². The van der Waals surface area contributed by atoms with Crippen molar-refractivity contribution in [1.82, 2.24) is 4.98 Å². The zero-order chi connectivity index (χ0) is 11.3. The normalized spacial score (nSPS) is 17.9. The maximum absolute atomic E-state index is 5.91. The third-order valence-electron chi connectivity index (χ3n) is 3.95. The summed E-state index contributed by atoms with van der Waals surface area (Å²) in [6.45, 7) is 5.09. The fraction of sp³-hybridized carbons (Fsp3) is 0.429. The van der Waals surface area contributed by atoms with Crippen molar-refractivity contribution in [3.05, 3.63) is 35.0 Å². The number of H-pyrrole nitrogens is 1. The molecule has 84 valence electrons. The topological polar surface area (TPSA) is 41.8 Å². The third-order valence-corrected chi connectivity index (χ3v) is 3.95. The minimum Gasteiger partial charge on any atom is -0.361 e. The first-order valence-electron chi connectivity index (χ1n) is 5.95. The van der Waals surface area contributed by atoms with Gasteiger partial charge in [-0.3, -0.25) is 0 Å². The second-order valence-corrected chi connectivity index (χ2v) is 5.19. The van der Waals surface area contributed by atoms with Gasteiger partial charge in [0.05, 0.1) is 0 Å². The molecule has 1 aromatic heterocycles. The zero-order valence-electron chi connectivity index (χ0n) is 9.93. The molecular weight excluding hydrogens is 196 g/mol. The van der Waals surface area contributed by atoms with Crippen molar-refractivity contribution in [3.63, 3.8) is 0 Å². The van der Waals surface area contributed by atoms with Gasteiger partial charge in [-0.2, -0.15) is 0 Å². The summed E-state index contributed by atoms with van der Waals surface area (Å²) in [5.41, 5.74) is 11.6. The van der Waals surface area contributed by atoms with Gasteiger partial charge >= 0.3 is 0 Å². The summed E-state index contributed by atoms with van der Waals surface area (Å²) in [4.78, 5) is 3.41. The Labute approximate surface area is 95.8 Å². The minimum absolute atomic E-state index is 0.276. The number of hydrogen-bond donors (Lipinski definition) is 2. The number of aromatic nitrogens is 1. The van der Waals surface area contributed by atoms with Gasteiger partial charge in [0.1, 0.15) is 0 Å². The Morgan fingerprint density at radius 3 is 2.69 bits per heavy atom. The molecule has 16 heavy (non-hydrogen) atoms. The van der Waals surface area contributed by atoms with E-state index >= 15 is 0 Å². The monoisotopic (exact) mass is 214 g/mol. The van der Waals surface area contributed by atoms with E-state index < -0.39 is 0 Å². The SMILES string of the molecule is Cc1cc(C)c2[nH]cc(C3(CN)CC3)c2c1. The number of aromatic amines is 1. The van der Waals surface area contributed by atoms with Crippen molar-refractivity contribution in [2.75, 3.05) is 6.54 Å². The highest BCUT2D eigenvalue weighted by Crippen LogP contribution is 2.49. The molecule has 1 heterocycles. The predicted molar refractivity (Wildman–Crippen MR) is 67.7 cm³/mol. The van der Waals surface area contributed by atoms with Crippen molar-refractivity contribution >= 4 is 10.9 Å². The Hall–Kier alpha value is -1.28. The first-order chi connectivity index (χ1) is 7.66. The van der Waals surface area contributed by atoms with E-state index in [1.165, 1.54) is 40.4 Å². The average molecular weight is 214 g/mol. The van der Waals surface area contributed by atoms with Crippen LogP contribution < -0.4 is 5.73 Å². The number of nitrogens with two attached hydrogens (primary N) is 1. The van der Waals surface area contributed by atoms with E-state index in [2.05, 4.69) is 37.2 Å². The summed E-state index contributed by atoms with van der Waals surface area (Å²) in [6, 6.07) is 4.51. The zero-order valence-corrected chi connectivity index (χ0v) is 9.93. The molecule has 3 rings (SSSR count). The molecule has 0 spiro atoms. The lowest BCUT2D eigenvalue weighted by molar-refractivity contribution is 0.711. The summed E-state index contributed by atoms with van der Waals surface area (Å²) < 4.78 is 0. The van der Waals surface area contributed by atoms with Crippen molar-refractivity contribution in [2.24, 2.45) is 5.73 Å². The molecule has 1 aliphatic carbocycles. The quantitative estimate of drug-likeness (QED) is 0.793. The molecule has 0 atom stereocenters. The summed E-state index contributed by atoms with van der Waals surface area (Å²) >= 11 is 0. The lowest BCUT2D eigenvalue weighted by Crippen LogP contribution is -2.19. The second kappa shape index (κ2) is 3.11. The van der Waals surface area contributed by atoms with Gasteiger partial charge in [-0.25, -0.2) is 0 Å². The van der Waals surface area contributed by atoms with Gasteiger partial charge < -0.3 is 10.7 Å². The van der Waals surface area contributed by atoms with Crippen LogP contribution in [0, 0.1) is 13.8 Å². The molecule has 1 aliphatic rings. The fourth-order valence-corrected chi connectivity index (χ4v) is 2.77. The fourth-order valence-electron chi connectivity index (χ4n) is 2.77. The molecule has 2 nitrogen and oxygen atoms in total. The van der Waals surface area contributed by atoms with Crippen molar-refractivity contribution < 1.29 is 0 Å². The number of fused-ring (bicyclic) bond motifs is 1. The number of hydrogen-bond acceptors (Lipinski definition) is 1. The molecule has 0 bridgehead atoms. The van der Waals surface area contributed by atoms with Crippen molar-refractivity contribution in [1.29, 1.82) is 0 Å². The molecule has 1 fully saturated rings. The molecule has 0 aliphatic heterocycles. The van der Waals surface area contributed by atoms with E-state index in [1.807, 2.05) is 0 Å². The molecule has 2 heteroatoms. The number of aryl methyl sites for hydroxylation is 2. The summed E-state index contributed by atoms with van der Waals surface area (Å²) in [6.07, 6.45) is 4.64. The van der Waals surface area contributed by atoms with Gasteiger partial charge in [0.15, 0.2) is 0 Å². The molecule has 0 radical (unpaired) electrons. The Morgan fingerprint density at radius 2 is 2.06 bits per heavy atom. The molecule has 0 unspecified atom stereocenters. The van der Waals surface area contributed by atoms with Gasteiger partial charge in [-0.1, -0.05) is 11.6 Å². The van der Waals surface area contributed by atoms with Crippen LogP contribution in [0.4, 0.5) is 0 Å². The van der Waals surface area contributed by atoms with E-state index in [0.717, 1.165) is 6.54 Å². The highest BCUT2D eigenvalue weighted by Gasteiger charge is 2.44. The highest BCUT2D eigenvalue weighted by molar-refractivity contribution is 5.88. The van der Waals surface area contributed by atoms with Crippen LogP contribution in [-0.4, -0.2) is 11.5 Å². The first-order valence-corrected chi connectivity index (χ1v) is 5.95. The Balaban J connectivity index is 2.27. The number of nitrogens with one attached hydrogen (secondary N) is 1. The van der Waals surface area contributed by atoms with Crippen LogP contribution >= 0.6 is 0 Å². The maximum Gasteiger partial charge on any atom is 0.0486 e. The second-order valence-electron chi connectivity index (χ2n) is 5.19. The van der Waals surface area contributed by atoms with E-state index in [9.17, 15) is 0 Å². The lowest BCUT2D eigenvalue weighted by Gasteiger charge is -2.11. The maximum atomic E-state index is 5.91. The molecule has 0 amide bonds. The number of benzene rings is 1. The standard InChI is InChI=1S/C14H18N2/c1-9-5-10(2)13-11(6-9)12(7-16-13)14(8-15)3-4-14/h5-7,16H,3-4,8,15H2,1-2H3. The van der Waals surface area contributed by atoms with Gasteiger partial charge in [-0.05, 0) is 43.9 Å². The lowest BCUT2D eigenvalue weighted by atomic mass is 9.94. The average Bonchev–Trinajstić information content (AvgIpc) is 2.93. The van der Waals surface area contributed by atoms with E-state index in [4.69, 9.17) is 5.73 Å². The largest absolute Gasteiger partial charge is 0.361 e. The Morgan fingerprint density at radius 1 is 1.31 bits per heavy atom. The van der Waals surface area contributed by atoms with Gasteiger partial charge in [-0.15, -0.1) is 0 Å². The van der Waals surface area contributed by atoms with Crippen LogP contribution in [0.1, 0.15) is 29.5 Å². The molecule has 1 aromatic carbocycles. The summed E-state index contributed by atoms with van der Waals surface area (Å²) in [7, 11) is 0. The highest BCUT2D eigenvalue weighted by atomic mass is 14.7. The number of rotatable bonds is 2. The smallest absolute Gasteiger partial charge is 0.0486 e. The Kier molecular flexibility index (Phi) is 1.93. The Bertz CT molecular complexity index is 547. The van der Waals surface area contributed by atoms with E-state index in [1.54, 1.807) is 0 Å². The van der Waals surface area contributed by atoms with Crippen LogP contribution in [0.15, 0.2) is 18.3 Å². The van der Waals surface area contributed by atoms with E-state index in [0.29, 0.717) is 0 Å². The van der Waals surface area contributed by atoms with Crippen LogP contribution in [0.3, 0.4) is 0 Å². The van der Waals surface area contributed by atoms with Crippen LogP contribution in [0.2, 0.25) is 0 Å². The van der Waals surface area contributed by atoms with Gasteiger partial charge in [0, 0.05) is 29.1 Å². The summed E-state index contributed by atoms with van der Waals surface area (Å²) in [5, 5.41) is 1.38. The van der Waals surface area contributed by atoms with Crippen molar-refractivity contribution in [3.8, 4) is 0 Å². The first kappa shape index (κ1) is 9.91. The van der Waals surface area contributed by atoms with E-state index in [-0.39, 0.29) is 5.41 Å². The minimum atomic E-state index is 0.276. The summed E-state index contributed by atoms with van der Waals surface area (Å²) in [5.74, 6) is 0. The molecule has 0 saturated heterocycles. The third kappa shape index (κ3) is 1.23. The van der Waals surface area contributed by atoms with Crippen LogP contribution in [-0.2, 0) is 5.41 Å². The molecule has 3 N–H and O–H groups in total. The predicted octanol–water partition coefficient (Wildman–Crippen LogP) is 2.78. The molecule has 2 aromatic rings. The molecular formula is C14H18N2. The van der Waals surface area contributed by atoms with Crippen LogP contribution in [0.5, 0.6) is 0 Å². The van der Waals surface area contributed by atoms with Crippen LogP contribution in [0.25, 0.3) is 10.9 Å². The van der Waals surface area contributed by atoms with Gasteiger partial charge in [0.2, 0.25) is 0 Å². The van der Waals surface area contributed by atoms with Crippen molar-refractivity contribution in [2.45, 2.75) is 32.1 Å².